The number of aliphatic imine (C=N–C) groups is 1. The van der Waals surface area contributed by atoms with Crippen molar-refractivity contribution in [2.75, 3.05) is 7.05 Å². The number of amides is 1. The highest BCUT2D eigenvalue weighted by Crippen LogP contribution is 2.29. The summed E-state index contributed by atoms with van der Waals surface area (Å²) in [5.41, 5.74) is 3.10. The molecule has 119 valence electrons. The van der Waals surface area contributed by atoms with Gasteiger partial charge in [0.2, 0.25) is 0 Å². The number of benzene rings is 2. The maximum Gasteiger partial charge on any atom is 0.425 e. The van der Waals surface area contributed by atoms with Gasteiger partial charge in [0.05, 0.1) is 5.69 Å². The second-order valence-corrected chi connectivity index (χ2v) is 5.64. The van der Waals surface area contributed by atoms with Crippen molar-refractivity contribution >= 4 is 30.8 Å². The number of hydrogen-bond acceptors (Lipinski definition) is 4. The van der Waals surface area contributed by atoms with Gasteiger partial charge in [0.1, 0.15) is 11.5 Å². The Morgan fingerprint density at radius 2 is 1.87 bits per heavy atom. The van der Waals surface area contributed by atoms with Crippen LogP contribution < -0.4 is 4.74 Å². The number of phenolic OH excluding ortho intramolecular Hbond substituents is 1. The number of nitrogens with zero attached hydrogens (tertiary/aromatic N) is 2. The molecule has 0 unspecified atom stereocenters. The standard InChI is InChI=1S/C17H17N2O3S/c1-11-8-14(22-17(21)19(3)23)9-12(2)16(11)18-10-13-6-4-5-7-15(13)20/h4-10,20H,1-3H3. The van der Waals surface area contributed by atoms with E-state index in [1.807, 2.05) is 19.9 Å². The van der Waals surface area contributed by atoms with Gasteiger partial charge in [-0.05, 0) is 49.2 Å². The summed E-state index contributed by atoms with van der Waals surface area (Å²) in [4.78, 5) is 15.9. The third-order valence-corrected chi connectivity index (χ3v) is 3.35. The summed E-state index contributed by atoms with van der Waals surface area (Å²) in [6.45, 7) is 3.75. The Balaban J connectivity index is 2.27. The van der Waals surface area contributed by atoms with Crippen molar-refractivity contribution < 1.29 is 14.6 Å². The molecule has 2 aromatic rings. The first-order valence-electron chi connectivity index (χ1n) is 6.94. The van der Waals surface area contributed by atoms with Crippen LogP contribution in [-0.4, -0.2) is 28.8 Å². The predicted octanol–water partition coefficient (Wildman–Crippen LogP) is 4.30. The lowest BCUT2D eigenvalue weighted by atomic mass is 10.1. The van der Waals surface area contributed by atoms with Crippen molar-refractivity contribution in [3.8, 4) is 11.5 Å². The SMILES string of the molecule is Cc1cc(OC(=O)N(C)[S])cc(C)c1N=Cc1ccccc1O. The number of aryl methyl sites for hydroxylation is 2. The van der Waals surface area contributed by atoms with Crippen molar-refractivity contribution in [2.45, 2.75) is 13.8 Å². The molecule has 0 bridgehead atoms. The molecule has 5 nitrogen and oxygen atoms in total. The van der Waals surface area contributed by atoms with Crippen LogP contribution in [0.2, 0.25) is 0 Å². The van der Waals surface area contributed by atoms with E-state index in [4.69, 9.17) is 17.6 Å². The van der Waals surface area contributed by atoms with Gasteiger partial charge in [-0.15, -0.1) is 0 Å². The van der Waals surface area contributed by atoms with Crippen LogP contribution in [0.5, 0.6) is 11.5 Å². The molecule has 2 aromatic carbocycles. The second-order valence-electron chi connectivity index (χ2n) is 5.09. The van der Waals surface area contributed by atoms with Gasteiger partial charge in [-0.3, -0.25) is 4.99 Å². The molecule has 1 N–H and O–H groups in total. The quantitative estimate of drug-likeness (QED) is 0.854. The van der Waals surface area contributed by atoms with Crippen LogP contribution in [0.25, 0.3) is 0 Å². The molecule has 0 aliphatic carbocycles. The minimum Gasteiger partial charge on any atom is -0.507 e. The van der Waals surface area contributed by atoms with E-state index >= 15 is 0 Å². The van der Waals surface area contributed by atoms with Crippen LogP contribution in [-0.2, 0) is 0 Å². The molecule has 0 saturated heterocycles. The molecule has 2 rings (SSSR count). The number of carbonyl (C=O) groups is 1. The molecule has 0 heterocycles. The van der Waals surface area contributed by atoms with Crippen molar-refractivity contribution in [1.29, 1.82) is 0 Å². The van der Waals surface area contributed by atoms with Gasteiger partial charge in [0, 0.05) is 31.6 Å². The van der Waals surface area contributed by atoms with E-state index in [0.29, 0.717) is 11.3 Å². The van der Waals surface area contributed by atoms with E-state index in [0.717, 1.165) is 21.1 Å². The van der Waals surface area contributed by atoms with Crippen molar-refractivity contribution in [1.82, 2.24) is 4.31 Å². The fourth-order valence-electron chi connectivity index (χ4n) is 2.07. The van der Waals surface area contributed by atoms with Gasteiger partial charge < -0.3 is 9.84 Å². The lowest BCUT2D eigenvalue weighted by molar-refractivity contribution is 0.187. The van der Waals surface area contributed by atoms with Gasteiger partial charge in [-0.2, -0.15) is 0 Å². The van der Waals surface area contributed by atoms with Crippen molar-refractivity contribution in [3.63, 3.8) is 0 Å². The summed E-state index contributed by atoms with van der Waals surface area (Å²) in [6, 6.07) is 10.4. The maximum absolute atomic E-state index is 11.5. The smallest absolute Gasteiger partial charge is 0.425 e. The highest BCUT2D eigenvalue weighted by Gasteiger charge is 2.11. The van der Waals surface area contributed by atoms with E-state index in [2.05, 4.69) is 4.99 Å². The Morgan fingerprint density at radius 1 is 1.26 bits per heavy atom. The monoisotopic (exact) mass is 329 g/mol. The minimum absolute atomic E-state index is 0.172. The molecule has 1 amide bonds. The number of hydrogen-bond donors (Lipinski definition) is 1. The van der Waals surface area contributed by atoms with Crippen molar-refractivity contribution in [3.05, 3.63) is 53.1 Å². The van der Waals surface area contributed by atoms with Crippen LogP contribution in [0.4, 0.5) is 10.5 Å². The molecule has 0 aliphatic heterocycles. The molecule has 6 heteroatoms. The summed E-state index contributed by atoms with van der Waals surface area (Å²) in [5, 5.41) is 9.76. The Morgan fingerprint density at radius 3 is 2.43 bits per heavy atom. The second kappa shape index (κ2) is 7.19. The number of carbonyl (C=O) groups excluding carboxylic acids is 1. The number of rotatable bonds is 3. The first kappa shape index (κ1) is 16.9. The predicted molar refractivity (Wildman–Crippen MR) is 92.7 cm³/mol. The number of aromatic hydroxyl groups is 1. The lowest BCUT2D eigenvalue weighted by Crippen LogP contribution is -2.20. The normalized spacial score (nSPS) is 10.8. The Hall–Kier alpha value is -2.47. The van der Waals surface area contributed by atoms with Crippen LogP contribution in [0.15, 0.2) is 41.4 Å². The van der Waals surface area contributed by atoms with E-state index in [1.165, 1.54) is 7.05 Å². The zero-order valence-electron chi connectivity index (χ0n) is 13.1. The number of para-hydroxylation sites is 1. The van der Waals surface area contributed by atoms with Gasteiger partial charge >= 0.3 is 6.09 Å². The van der Waals surface area contributed by atoms with Gasteiger partial charge in [-0.1, -0.05) is 12.1 Å². The molecule has 0 aromatic heterocycles. The molecule has 1 radical (unpaired) electrons. The molecule has 23 heavy (non-hydrogen) atoms. The third kappa shape index (κ3) is 4.26. The average molecular weight is 329 g/mol. The first-order chi connectivity index (χ1) is 10.9. The topological polar surface area (TPSA) is 62.1 Å². The summed E-state index contributed by atoms with van der Waals surface area (Å²) in [6.07, 6.45) is 0.997. The number of phenols is 1. The minimum atomic E-state index is -0.607. The van der Waals surface area contributed by atoms with E-state index in [-0.39, 0.29) is 5.75 Å². The molecule has 0 aliphatic rings. The molecular weight excluding hydrogens is 312 g/mol. The largest absolute Gasteiger partial charge is 0.507 e. The fourth-order valence-corrected chi connectivity index (χ4v) is 2.11. The fraction of sp³-hybridized carbons (Fsp3) is 0.176. The summed E-state index contributed by atoms with van der Waals surface area (Å²) >= 11 is 4.71. The maximum atomic E-state index is 11.5. The molecule has 0 fully saturated rings. The van der Waals surface area contributed by atoms with Crippen LogP contribution >= 0.6 is 12.8 Å². The summed E-state index contributed by atoms with van der Waals surface area (Å²) in [7, 11) is 1.45. The Labute approximate surface area is 140 Å². The third-order valence-electron chi connectivity index (χ3n) is 3.20. The van der Waals surface area contributed by atoms with Gasteiger partial charge in [0.25, 0.3) is 0 Å². The highest BCUT2D eigenvalue weighted by molar-refractivity contribution is 7.78. The summed E-state index contributed by atoms with van der Waals surface area (Å²) in [5.74, 6) is 0.591. The zero-order valence-corrected chi connectivity index (χ0v) is 13.9. The van der Waals surface area contributed by atoms with Gasteiger partial charge in [0.15, 0.2) is 0 Å². The molecule has 0 atom stereocenters. The van der Waals surface area contributed by atoms with E-state index in [1.54, 1.807) is 36.5 Å². The van der Waals surface area contributed by atoms with Crippen LogP contribution in [0.3, 0.4) is 0 Å². The zero-order chi connectivity index (χ0) is 17.0. The van der Waals surface area contributed by atoms with Crippen LogP contribution in [0.1, 0.15) is 16.7 Å². The Kier molecular flexibility index (Phi) is 5.28. The van der Waals surface area contributed by atoms with E-state index in [9.17, 15) is 9.90 Å². The lowest BCUT2D eigenvalue weighted by Gasteiger charge is -2.12. The highest BCUT2D eigenvalue weighted by atomic mass is 32.1. The molecule has 0 spiro atoms. The molecule has 0 saturated carbocycles. The van der Waals surface area contributed by atoms with E-state index < -0.39 is 6.09 Å². The Bertz CT molecular complexity index is 734. The van der Waals surface area contributed by atoms with Crippen molar-refractivity contribution in [2.24, 2.45) is 4.99 Å². The molecular formula is C17H17N2O3S. The first-order valence-corrected chi connectivity index (χ1v) is 7.31. The number of ether oxygens (including phenoxy) is 1. The van der Waals surface area contributed by atoms with Crippen LogP contribution in [0, 0.1) is 13.8 Å². The summed E-state index contributed by atoms with van der Waals surface area (Å²) < 4.78 is 6.12. The van der Waals surface area contributed by atoms with Gasteiger partial charge in [-0.25, -0.2) is 9.10 Å². The average Bonchev–Trinajstić information content (AvgIpc) is 2.48.